The van der Waals surface area contributed by atoms with Crippen LogP contribution in [-0.4, -0.2) is 11.1 Å². The van der Waals surface area contributed by atoms with Crippen molar-refractivity contribution in [3.05, 3.63) is 23.9 Å². The van der Waals surface area contributed by atoms with Gasteiger partial charge in [-0.2, -0.15) is 0 Å². The van der Waals surface area contributed by atoms with Crippen LogP contribution in [0.3, 0.4) is 0 Å². The Kier molecular flexibility index (Phi) is 4.23. The van der Waals surface area contributed by atoms with E-state index in [0.29, 0.717) is 6.10 Å². The molecular formula is C15H24N2O. The summed E-state index contributed by atoms with van der Waals surface area (Å²) in [7, 11) is 0. The van der Waals surface area contributed by atoms with E-state index >= 15 is 0 Å². The molecule has 0 spiro atoms. The lowest BCUT2D eigenvalue weighted by Crippen LogP contribution is -2.29. The Bertz CT molecular complexity index is 375. The minimum absolute atomic E-state index is 0.0297. The Morgan fingerprint density at radius 3 is 2.61 bits per heavy atom. The first kappa shape index (κ1) is 13.3. The van der Waals surface area contributed by atoms with Crippen LogP contribution in [0, 0.1) is 11.8 Å². The lowest BCUT2D eigenvalue weighted by Gasteiger charge is -2.31. The van der Waals surface area contributed by atoms with Crippen molar-refractivity contribution in [1.29, 1.82) is 0 Å². The zero-order chi connectivity index (χ0) is 13.1. The Morgan fingerprint density at radius 1 is 1.28 bits per heavy atom. The molecule has 1 aliphatic rings. The monoisotopic (exact) mass is 248 g/mol. The molecule has 2 rings (SSSR count). The Balaban J connectivity index is 1.93. The van der Waals surface area contributed by atoms with Crippen molar-refractivity contribution < 1.29 is 4.74 Å². The predicted molar refractivity (Wildman–Crippen MR) is 73.4 cm³/mol. The van der Waals surface area contributed by atoms with E-state index in [4.69, 9.17) is 10.5 Å². The highest BCUT2D eigenvalue weighted by Gasteiger charge is 2.25. The molecule has 1 fully saturated rings. The van der Waals surface area contributed by atoms with E-state index in [1.165, 1.54) is 6.42 Å². The fourth-order valence-corrected chi connectivity index (χ4v) is 2.51. The first-order valence-electron chi connectivity index (χ1n) is 6.94. The first-order valence-corrected chi connectivity index (χ1v) is 6.94. The lowest BCUT2D eigenvalue weighted by molar-refractivity contribution is 0.0964. The first-order chi connectivity index (χ1) is 8.56. The van der Waals surface area contributed by atoms with Crippen molar-refractivity contribution in [3.63, 3.8) is 0 Å². The molecule has 1 aromatic rings. The van der Waals surface area contributed by atoms with Crippen LogP contribution in [-0.2, 0) is 0 Å². The number of hydrogen-bond donors (Lipinski definition) is 1. The molecule has 0 radical (unpaired) electrons. The molecule has 1 aromatic heterocycles. The third kappa shape index (κ3) is 3.22. The third-order valence-electron chi connectivity index (χ3n) is 4.12. The quantitative estimate of drug-likeness (QED) is 0.892. The standard InChI is InChI=1S/C15H24N2O/c1-10-4-6-14(8-11(10)2)18-15-7-5-13(9-17-15)12(3)16/h5,7,9-12,14H,4,6,8,16H2,1-3H3/t10?,11?,12-,14?/m1/s1. The molecule has 3 unspecified atom stereocenters. The highest BCUT2D eigenvalue weighted by molar-refractivity contribution is 5.20. The summed E-state index contributed by atoms with van der Waals surface area (Å²) in [6.45, 7) is 6.60. The van der Waals surface area contributed by atoms with E-state index < -0.39 is 0 Å². The zero-order valence-corrected chi connectivity index (χ0v) is 11.6. The molecule has 0 amide bonds. The van der Waals surface area contributed by atoms with Crippen molar-refractivity contribution in [1.82, 2.24) is 4.98 Å². The second-order valence-electron chi connectivity index (χ2n) is 5.73. The summed E-state index contributed by atoms with van der Waals surface area (Å²) in [5.41, 5.74) is 6.85. The van der Waals surface area contributed by atoms with Gasteiger partial charge in [0.05, 0.1) is 0 Å². The highest BCUT2D eigenvalue weighted by Crippen LogP contribution is 2.31. The lowest BCUT2D eigenvalue weighted by atomic mass is 9.80. The van der Waals surface area contributed by atoms with Crippen LogP contribution in [0.2, 0.25) is 0 Å². The molecule has 3 heteroatoms. The smallest absolute Gasteiger partial charge is 0.213 e. The van der Waals surface area contributed by atoms with Crippen molar-refractivity contribution >= 4 is 0 Å². The molecule has 0 bridgehead atoms. The van der Waals surface area contributed by atoms with Crippen LogP contribution in [0.1, 0.15) is 51.6 Å². The van der Waals surface area contributed by atoms with Gasteiger partial charge < -0.3 is 10.5 Å². The SMILES string of the molecule is CC1CCC(Oc2ccc([C@@H](C)N)cn2)CC1C. The van der Waals surface area contributed by atoms with Crippen LogP contribution < -0.4 is 10.5 Å². The molecule has 1 aliphatic carbocycles. The average molecular weight is 248 g/mol. The number of nitrogens with two attached hydrogens (primary N) is 1. The summed E-state index contributed by atoms with van der Waals surface area (Å²) >= 11 is 0. The Labute approximate surface area is 110 Å². The minimum atomic E-state index is 0.0297. The number of ether oxygens (including phenoxy) is 1. The highest BCUT2D eigenvalue weighted by atomic mass is 16.5. The van der Waals surface area contributed by atoms with Crippen LogP contribution in [0.5, 0.6) is 5.88 Å². The number of aromatic nitrogens is 1. The topological polar surface area (TPSA) is 48.1 Å². The summed E-state index contributed by atoms with van der Waals surface area (Å²) in [6.07, 6.45) is 5.67. The van der Waals surface area contributed by atoms with Gasteiger partial charge in [-0.05, 0) is 43.6 Å². The summed E-state index contributed by atoms with van der Waals surface area (Å²) in [6, 6.07) is 3.96. The van der Waals surface area contributed by atoms with Gasteiger partial charge in [-0.1, -0.05) is 19.9 Å². The molecule has 1 saturated carbocycles. The van der Waals surface area contributed by atoms with Gasteiger partial charge in [0.15, 0.2) is 0 Å². The number of rotatable bonds is 3. The molecule has 0 aromatic carbocycles. The van der Waals surface area contributed by atoms with Gasteiger partial charge in [0.1, 0.15) is 6.10 Å². The number of hydrogen-bond acceptors (Lipinski definition) is 3. The zero-order valence-electron chi connectivity index (χ0n) is 11.6. The largest absolute Gasteiger partial charge is 0.474 e. The van der Waals surface area contributed by atoms with Crippen LogP contribution in [0.25, 0.3) is 0 Å². The molecule has 18 heavy (non-hydrogen) atoms. The molecule has 2 N–H and O–H groups in total. The molecule has 100 valence electrons. The maximum atomic E-state index is 5.96. The Morgan fingerprint density at radius 2 is 2.06 bits per heavy atom. The second-order valence-corrected chi connectivity index (χ2v) is 5.73. The number of pyridine rings is 1. The second kappa shape index (κ2) is 5.70. The molecule has 0 saturated heterocycles. The van der Waals surface area contributed by atoms with Gasteiger partial charge in [0.2, 0.25) is 5.88 Å². The van der Waals surface area contributed by atoms with Gasteiger partial charge in [-0.25, -0.2) is 4.98 Å². The van der Waals surface area contributed by atoms with E-state index in [1.807, 2.05) is 25.3 Å². The predicted octanol–water partition coefficient (Wildman–Crippen LogP) is 3.30. The van der Waals surface area contributed by atoms with Crippen molar-refractivity contribution in [2.45, 2.75) is 52.2 Å². The fraction of sp³-hybridized carbons (Fsp3) is 0.667. The maximum absolute atomic E-state index is 5.96. The third-order valence-corrected chi connectivity index (χ3v) is 4.12. The summed E-state index contributed by atoms with van der Waals surface area (Å²) in [5.74, 6) is 2.29. The fourth-order valence-electron chi connectivity index (χ4n) is 2.51. The van der Waals surface area contributed by atoms with Crippen molar-refractivity contribution in [2.75, 3.05) is 0 Å². The van der Waals surface area contributed by atoms with Crippen LogP contribution >= 0.6 is 0 Å². The van der Waals surface area contributed by atoms with Gasteiger partial charge in [-0.3, -0.25) is 0 Å². The number of nitrogens with zero attached hydrogens (tertiary/aromatic N) is 1. The molecule has 0 aliphatic heterocycles. The molecule has 3 nitrogen and oxygen atoms in total. The van der Waals surface area contributed by atoms with Gasteiger partial charge in [0.25, 0.3) is 0 Å². The summed E-state index contributed by atoms with van der Waals surface area (Å²) < 4.78 is 5.96. The molecule has 4 atom stereocenters. The van der Waals surface area contributed by atoms with E-state index in [1.54, 1.807) is 0 Å². The molecular weight excluding hydrogens is 224 g/mol. The van der Waals surface area contributed by atoms with Gasteiger partial charge >= 0.3 is 0 Å². The molecule has 1 heterocycles. The van der Waals surface area contributed by atoms with Crippen molar-refractivity contribution in [3.8, 4) is 5.88 Å². The van der Waals surface area contributed by atoms with Gasteiger partial charge in [0, 0.05) is 18.3 Å². The van der Waals surface area contributed by atoms with E-state index in [0.717, 1.165) is 36.1 Å². The van der Waals surface area contributed by atoms with E-state index in [9.17, 15) is 0 Å². The minimum Gasteiger partial charge on any atom is -0.474 e. The van der Waals surface area contributed by atoms with Crippen LogP contribution in [0.15, 0.2) is 18.3 Å². The summed E-state index contributed by atoms with van der Waals surface area (Å²) in [5, 5.41) is 0. The normalized spacial score (nSPS) is 29.9. The summed E-state index contributed by atoms with van der Waals surface area (Å²) in [4.78, 5) is 4.34. The van der Waals surface area contributed by atoms with Gasteiger partial charge in [-0.15, -0.1) is 0 Å². The van der Waals surface area contributed by atoms with E-state index in [-0.39, 0.29) is 6.04 Å². The Hall–Kier alpha value is -1.09. The average Bonchev–Trinajstić information content (AvgIpc) is 2.34. The maximum Gasteiger partial charge on any atom is 0.213 e. The van der Waals surface area contributed by atoms with Crippen LogP contribution in [0.4, 0.5) is 0 Å². The van der Waals surface area contributed by atoms with E-state index in [2.05, 4.69) is 18.8 Å². The van der Waals surface area contributed by atoms with Crippen molar-refractivity contribution in [2.24, 2.45) is 17.6 Å².